The second-order valence-electron chi connectivity index (χ2n) is 6.32. The Balaban J connectivity index is 1.62. The molecule has 1 atom stereocenters. The summed E-state index contributed by atoms with van der Waals surface area (Å²) in [4.78, 5) is 53.8. The Morgan fingerprint density at radius 1 is 1.04 bits per heavy atom. The van der Waals surface area contributed by atoms with Gasteiger partial charge < -0.3 is 14.5 Å². The molecule has 0 aliphatic carbocycles. The number of carbonyl (C=O) groups excluding carboxylic acids is 4. The zero-order valence-corrected chi connectivity index (χ0v) is 15.6. The summed E-state index contributed by atoms with van der Waals surface area (Å²) in [5.74, 6) is -1.01. The molecule has 8 nitrogen and oxygen atoms in total. The minimum absolute atomic E-state index is 0.135. The van der Waals surface area contributed by atoms with Crippen molar-refractivity contribution in [2.75, 3.05) is 38.7 Å². The van der Waals surface area contributed by atoms with E-state index in [0.29, 0.717) is 37.3 Å². The number of carbonyl (C=O) groups is 4. The highest BCUT2D eigenvalue weighted by molar-refractivity contribution is 6.22. The molecular weight excluding hydrogens is 374 g/mol. The number of halogens is 1. The number of rotatable bonds is 4. The average molecular weight is 394 g/mol. The molecule has 1 saturated heterocycles. The van der Waals surface area contributed by atoms with E-state index in [-0.39, 0.29) is 18.4 Å². The van der Waals surface area contributed by atoms with Gasteiger partial charge >= 0.3 is 6.09 Å². The summed E-state index contributed by atoms with van der Waals surface area (Å²) >= 11 is 5.50. The van der Waals surface area contributed by atoms with Crippen LogP contribution in [0.4, 0.5) is 4.79 Å². The van der Waals surface area contributed by atoms with E-state index in [1.54, 1.807) is 36.1 Å². The zero-order chi connectivity index (χ0) is 19.6. The number of hydrogen-bond acceptors (Lipinski definition) is 5. The number of imide groups is 1. The van der Waals surface area contributed by atoms with E-state index in [9.17, 15) is 19.2 Å². The predicted molar refractivity (Wildman–Crippen MR) is 96.6 cm³/mol. The van der Waals surface area contributed by atoms with Gasteiger partial charge in [-0.05, 0) is 19.1 Å². The first-order chi connectivity index (χ1) is 13.0. The predicted octanol–water partition coefficient (Wildman–Crippen LogP) is 1.19. The Bertz CT molecular complexity index is 741. The van der Waals surface area contributed by atoms with Gasteiger partial charge in [0.2, 0.25) is 5.91 Å². The molecule has 0 N–H and O–H groups in total. The van der Waals surface area contributed by atoms with E-state index in [4.69, 9.17) is 16.3 Å². The molecule has 2 aliphatic rings. The van der Waals surface area contributed by atoms with Crippen molar-refractivity contribution in [1.29, 1.82) is 0 Å². The van der Waals surface area contributed by atoms with Crippen molar-refractivity contribution in [3.8, 4) is 0 Å². The Morgan fingerprint density at radius 2 is 1.56 bits per heavy atom. The largest absolute Gasteiger partial charge is 0.448 e. The van der Waals surface area contributed by atoms with E-state index in [2.05, 4.69) is 0 Å². The summed E-state index contributed by atoms with van der Waals surface area (Å²) < 4.78 is 4.97. The topological polar surface area (TPSA) is 87.2 Å². The maximum absolute atomic E-state index is 12.8. The van der Waals surface area contributed by atoms with Crippen molar-refractivity contribution >= 4 is 35.4 Å². The van der Waals surface area contributed by atoms with Crippen molar-refractivity contribution in [1.82, 2.24) is 14.7 Å². The van der Waals surface area contributed by atoms with Gasteiger partial charge in [0, 0.05) is 26.2 Å². The van der Waals surface area contributed by atoms with Crippen LogP contribution in [0.1, 0.15) is 27.6 Å². The summed E-state index contributed by atoms with van der Waals surface area (Å²) in [6.45, 7) is 2.94. The number of benzene rings is 1. The first kappa shape index (κ1) is 19.2. The van der Waals surface area contributed by atoms with E-state index in [1.165, 1.54) is 4.90 Å². The maximum atomic E-state index is 12.8. The number of hydrogen-bond donors (Lipinski definition) is 0. The zero-order valence-electron chi connectivity index (χ0n) is 14.9. The minimum Gasteiger partial charge on any atom is -0.448 e. The number of piperazine rings is 1. The van der Waals surface area contributed by atoms with Gasteiger partial charge in [-0.3, -0.25) is 19.3 Å². The number of fused-ring (bicyclic) bond motifs is 1. The average Bonchev–Trinajstić information content (AvgIpc) is 2.96. The number of amides is 4. The summed E-state index contributed by atoms with van der Waals surface area (Å²) in [5, 5.41) is 0. The lowest BCUT2D eigenvalue weighted by molar-refractivity contribution is -0.136. The van der Waals surface area contributed by atoms with Crippen LogP contribution in [-0.4, -0.2) is 83.2 Å². The maximum Gasteiger partial charge on any atom is 0.409 e. The van der Waals surface area contributed by atoms with Gasteiger partial charge in [0.25, 0.3) is 11.8 Å². The summed E-state index contributed by atoms with van der Waals surface area (Å²) in [5.41, 5.74) is 0.628. The van der Waals surface area contributed by atoms with Crippen LogP contribution in [0.25, 0.3) is 0 Å². The van der Waals surface area contributed by atoms with Crippen LogP contribution >= 0.6 is 11.6 Å². The molecule has 0 saturated carbocycles. The van der Waals surface area contributed by atoms with Crippen LogP contribution in [0, 0.1) is 0 Å². The first-order valence-electron chi connectivity index (χ1n) is 8.69. The van der Waals surface area contributed by atoms with Gasteiger partial charge in [0.1, 0.15) is 12.6 Å². The molecule has 2 aliphatic heterocycles. The fraction of sp³-hybridized carbons (Fsp3) is 0.444. The molecule has 2 heterocycles. The fourth-order valence-electron chi connectivity index (χ4n) is 3.26. The summed E-state index contributed by atoms with van der Waals surface area (Å²) in [7, 11) is 0. The van der Waals surface area contributed by atoms with Crippen LogP contribution in [-0.2, 0) is 9.53 Å². The van der Waals surface area contributed by atoms with Crippen molar-refractivity contribution in [2.24, 2.45) is 0 Å². The van der Waals surface area contributed by atoms with Crippen LogP contribution in [0.15, 0.2) is 24.3 Å². The van der Waals surface area contributed by atoms with E-state index in [1.807, 2.05) is 0 Å². The molecular formula is C18H20ClN3O5. The van der Waals surface area contributed by atoms with Crippen molar-refractivity contribution in [3.63, 3.8) is 0 Å². The van der Waals surface area contributed by atoms with Gasteiger partial charge in [-0.2, -0.15) is 0 Å². The molecule has 1 aromatic carbocycles. The minimum atomic E-state index is -0.910. The molecule has 3 rings (SSSR count). The second-order valence-corrected chi connectivity index (χ2v) is 6.70. The molecule has 1 unspecified atom stereocenters. The third-order valence-corrected chi connectivity index (χ3v) is 4.88. The third-order valence-electron chi connectivity index (χ3n) is 4.72. The highest BCUT2D eigenvalue weighted by Gasteiger charge is 2.42. The van der Waals surface area contributed by atoms with Crippen LogP contribution in [0.5, 0.6) is 0 Å². The first-order valence-corrected chi connectivity index (χ1v) is 9.22. The molecule has 27 heavy (non-hydrogen) atoms. The normalized spacial score (nSPS) is 17.8. The van der Waals surface area contributed by atoms with Crippen LogP contribution in [0.2, 0.25) is 0 Å². The molecule has 0 radical (unpaired) electrons. The smallest absolute Gasteiger partial charge is 0.409 e. The van der Waals surface area contributed by atoms with Crippen molar-refractivity contribution < 1.29 is 23.9 Å². The Hall–Kier alpha value is -2.61. The summed E-state index contributed by atoms with van der Waals surface area (Å²) in [6, 6.07) is 5.62. The molecule has 9 heteroatoms. The fourth-order valence-corrected chi connectivity index (χ4v) is 3.34. The molecule has 1 fully saturated rings. The molecule has 1 aromatic rings. The van der Waals surface area contributed by atoms with Gasteiger partial charge in [-0.1, -0.05) is 12.1 Å². The van der Waals surface area contributed by atoms with E-state index >= 15 is 0 Å². The Morgan fingerprint density at radius 3 is 2.07 bits per heavy atom. The molecule has 0 bridgehead atoms. The number of nitrogens with zero attached hydrogens (tertiary/aromatic N) is 3. The lowest BCUT2D eigenvalue weighted by atomic mass is 10.1. The SMILES string of the molecule is CC(C(=O)N1CCN(C(=O)OCCCl)CC1)N1C(=O)c2ccccc2C1=O. The second kappa shape index (κ2) is 7.96. The van der Waals surface area contributed by atoms with Crippen molar-refractivity contribution in [2.45, 2.75) is 13.0 Å². The van der Waals surface area contributed by atoms with Crippen LogP contribution in [0.3, 0.4) is 0 Å². The van der Waals surface area contributed by atoms with Crippen LogP contribution < -0.4 is 0 Å². The van der Waals surface area contributed by atoms with Gasteiger partial charge in [-0.15, -0.1) is 11.6 Å². The molecule has 144 valence electrons. The third kappa shape index (κ3) is 3.62. The number of ether oxygens (including phenoxy) is 1. The van der Waals surface area contributed by atoms with Gasteiger partial charge in [0.05, 0.1) is 17.0 Å². The standard InChI is InChI=1S/C18H20ClN3O5/c1-12(22-16(24)13-4-2-3-5-14(13)17(22)25)15(23)20-7-9-21(10-8-20)18(26)27-11-6-19/h2-5,12H,6-11H2,1H3. The Labute approximate surface area is 161 Å². The van der Waals surface area contributed by atoms with Crippen molar-refractivity contribution in [3.05, 3.63) is 35.4 Å². The highest BCUT2D eigenvalue weighted by Crippen LogP contribution is 2.25. The Kier molecular flexibility index (Phi) is 5.65. The molecule has 4 amide bonds. The highest BCUT2D eigenvalue weighted by atomic mass is 35.5. The molecule has 0 spiro atoms. The quantitative estimate of drug-likeness (QED) is 0.566. The summed E-state index contributed by atoms with van der Waals surface area (Å²) in [6.07, 6.45) is -0.462. The van der Waals surface area contributed by atoms with E-state index in [0.717, 1.165) is 4.90 Å². The van der Waals surface area contributed by atoms with Gasteiger partial charge in [0.15, 0.2) is 0 Å². The number of alkyl halides is 1. The lowest BCUT2D eigenvalue weighted by Crippen LogP contribution is -2.56. The van der Waals surface area contributed by atoms with Gasteiger partial charge in [-0.25, -0.2) is 4.79 Å². The lowest BCUT2D eigenvalue weighted by Gasteiger charge is -2.36. The monoisotopic (exact) mass is 393 g/mol. The molecule has 0 aromatic heterocycles. The van der Waals surface area contributed by atoms with E-state index < -0.39 is 23.9 Å².